The van der Waals surface area contributed by atoms with Crippen LogP contribution in [0.5, 0.6) is 0 Å². The lowest BCUT2D eigenvalue weighted by Crippen LogP contribution is -2.21. The van der Waals surface area contributed by atoms with Crippen LogP contribution in [-0.4, -0.2) is 23.6 Å². The normalized spacial score (nSPS) is 9.85. The first-order chi connectivity index (χ1) is 5.91. The highest BCUT2D eigenvalue weighted by Crippen LogP contribution is 2.05. The minimum absolute atomic E-state index is 0.0903. The molecule has 0 saturated heterocycles. The van der Waals surface area contributed by atoms with Gasteiger partial charge in [0.05, 0.1) is 0 Å². The summed E-state index contributed by atoms with van der Waals surface area (Å²) in [6.07, 6.45) is -0.370. The summed E-state index contributed by atoms with van der Waals surface area (Å²) < 4.78 is 4.79. The van der Waals surface area contributed by atoms with E-state index in [0.717, 1.165) is 0 Å². The Kier molecular flexibility index (Phi) is 4.96. The zero-order valence-corrected chi connectivity index (χ0v) is 8.12. The van der Waals surface area contributed by atoms with Crippen LogP contribution < -0.4 is 0 Å². The topological polar surface area (TPSA) is 60.4 Å². The molecule has 0 heterocycles. The van der Waals surface area contributed by atoms with Gasteiger partial charge in [-0.3, -0.25) is 14.4 Å². The van der Waals surface area contributed by atoms with Gasteiger partial charge in [0.15, 0.2) is 0 Å². The van der Waals surface area contributed by atoms with Crippen LogP contribution in [0.2, 0.25) is 0 Å². The SMILES string of the molecule is CC(=O)CC(CC(C)=O)OC(C)=O. The number of ketones is 2. The van der Waals surface area contributed by atoms with Gasteiger partial charge in [0.25, 0.3) is 0 Å². The molecule has 0 bridgehead atoms. The molecule has 0 unspecified atom stereocenters. The average molecular weight is 186 g/mol. The van der Waals surface area contributed by atoms with Crippen LogP contribution in [0.3, 0.4) is 0 Å². The number of esters is 1. The second kappa shape index (κ2) is 5.45. The molecule has 4 heteroatoms. The van der Waals surface area contributed by atoms with Crippen molar-refractivity contribution in [3.8, 4) is 0 Å². The van der Waals surface area contributed by atoms with Crippen molar-refractivity contribution in [1.82, 2.24) is 0 Å². The summed E-state index contributed by atoms with van der Waals surface area (Å²) in [4.78, 5) is 32.0. The van der Waals surface area contributed by atoms with Gasteiger partial charge in [-0.2, -0.15) is 0 Å². The van der Waals surface area contributed by atoms with Crippen molar-refractivity contribution >= 4 is 17.5 Å². The number of rotatable bonds is 5. The first-order valence-electron chi connectivity index (χ1n) is 4.08. The van der Waals surface area contributed by atoms with Crippen molar-refractivity contribution in [2.45, 2.75) is 39.7 Å². The monoisotopic (exact) mass is 186 g/mol. The van der Waals surface area contributed by atoms with Crippen molar-refractivity contribution in [3.05, 3.63) is 0 Å². The van der Waals surface area contributed by atoms with Gasteiger partial charge < -0.3 is 4.74 Å². The summed E-state index contributed by atoms with van der Waals surface area (Å²) >= 11 is 0. The molecule has 0 aromatic heterocycles. The van der Waals surface area contributed by atoms with E-state index in [-0.39, 0.29) is 24.4 Å². The van der Waals surface area contributed by atoms with Gasteiger partial charge >= 0.3 is 5.97 Å². The predicted molar refractivity (Wildman–Crippen MR) is 46.2 cm³/mol. The quantitative estimate of drug-likeness (QED) is 0.598. The molecule has 0 aromatic rings. The third-order valence-electron chi connectivity index (χ3n) is 1.36. The zero-order chi connectivity index (χ0) is 10.4. The average Bonchev–Trinajstić information content (AvgIpc) is 1.80. The summed E-state index contributed by atoms with van der Waals surface area (Å²) in [5.41, 5.74) is 0. The minimum Gasteiger partial charge on any atom is -0.462 e. The highest BCUT2D eigenvalue weighted by atomic mass is 16.5. The van der Waals surface area contributed by atoms with Gasteiger partial charge in [-0.05, 0) is 13.8 Å². The van der Waals surface area contributed by atoms with E-state index in [1.165, 1.54) is 20.8 Å². The van der Waals surface area contributed by atoms with Crippen molar-refractivity contribution in [3.63, 3.8) is 0 Å². The Hall–Kier alpha value is -1.19. The fourth-order valence-corrected chi connectivity index (χ4v) is 1.03. The number of ether oxygens (including phenoxy) is 1. The summed E-state index contributed by atoms with van der Waals surface area (Å²) in [5.74, 6) is -0.646. The lowest BCUT2D eigenvalue weighted by molar-refractivity contribution is -0.148. The van der Waals surface area contributed by atoms with E-state index >= 15 is 0 Å². The van der Waals surface area contributed by atoms with E-state index in [1.54, 1.807) is 0 Å². The van der Waals surface area contributed by atoms with Crippen LogP contribution in [0.25, 0.3) is 0 Å². The molecule has 4 nitrogen and oxygen atoms in total. The van der Waals surface area contributed by atoms with Crippen LogP contribution >= 0.6 is 0 Å². The molecule has 13 heavy (non-hydrogen) atoms. The summed E-state index contributed by atoms with van der Waals surface area (Å²) in [7, 11) is 0. The number of Topliss-reactive ketones (excluding diaryl/α,β-unsaturated/α-hetero) is 2. The highest BCUT2D eigenvalue weighted by molar-refractivity contribution is 5.80. The Morgan fingerprint density at radius 1 is 1.00 bits per heavy atom. The highest BCUT2D eigenvalue weighted by Gasteiger charge is 2.16. The van der Waals surface area contributed by atoms with Crippen molar-refractivity contribution < 1.29 is 19.1 Å². The first kappa shape index (κ1) is 11.8. The maximum atomic E-state index is 10.7. The second-order valence-corrected chi connectivity index (χ2v) is 3.04. The lowest BCUT2D eigenvalue weighted by Gasteiger charge is -2.13. The Labute approximate surface area is 77.3 Å². The molecular formula is C9H14O4. The molecule has 0 spiro atoms. The molecule has 0 radical (unpaired) electrons. The van der Waals surface area contributed by atoms with Crippen molar-refractivity contribution in [2.75, 3.05) is 0 Å². The van der Waals surface area contributed by atoms with E-state index in [9.17, 15) is 14.4 Å². The molecule has 0 aromatic carbocycles. The van der Waals surface area contributed by atoms with E-state index in [0.29, 0.717) is 0 Å². The molecule has 0 amide bonds. The molecule has 0 rings (SSSR count). The fraction of sp³-hybridized carbons (Fsp3) is 0.667. The lowest BCUT2D eigenvalue weighted by atomic mass is 10.1. The van der Waals surface area contributed by atoms with E-state index in [2.05, 4.69) is 0 Å². The van der Waals surface area contributed by atoms with Gasteiger partial charge in [0.1, 0.15) is 17.7 Å². The number of hydrogen-bond donors (Lipinski definition) is 0. The molecule has 0 atom stereocenters. The number of carbonyl (C=O) groups is 3. The first-order valence-corrected chi connectivity index (χ1v) is 4.08. The predicted octanol–water partition coefficient (Wildman–Crippen LogP) is 0.876. The van der Waals surface area contributed by atoms with E-state index in [1.807, 2.05) is 0 Å². The van der Waals surface area contributed by atoms with Crippen molar-refractivity contribution in [1.29, 1.82) is 0 Å². The summed E-state index contributed by atoms with van der Waals surface area (Å²) in [5, 5.41) is 0. The van der Waals surface area contributed by atoms with Gasteiger partial charge in [-0.1, -0.05) is 0 Å². The summed E-state index contributed by atoms with van der Waals surface area (Å²) in [6.45, 7) is 4.06. The Morgan fingerprint density at radius 2 is 1.38 bits per heavy atom. The molecular weight excluding hydrogens is 172 g/mol. The number of hydrogen-bond acceptors (Lipinski definition) is 4. The molecule has 74 valence electrons. The van der Waals surface area contributed by atoms with Gasteiger partial charge in [-0.15, -0.1) is 0 Å². The number of carbonyl (C=O) groups excluding carboxylic acids is 3. The Morgan fingerprint density at radius 3 is 1.62 bits per heavy atom. The van der Waals surface area contributed by atoms with Gasteiger partial charge in [0.2, 0.25) is 0 Å². The van der Waals surface area contributed by atoms with Crippen LogP contribution in [0.4, 0.5) is 0 Å². The third-order valence-corrected chi connectivity index (χ3v) is 1.36. The smallest absolute Gasteiger partial charge is 0.302 e. The van der Waals surface area contributed by atoms with E-state index in [4.69, 9.17) is 4.74 Å². The Balaban J connectivity index is 4.10. The fourth-order valence-electron chi connectivity index (χ4n) is 1.03. The summed E-state index contributed by atoms with van der Waals surface area (Å²) in [6, 6.07) is 0. The van der Waals surface area contributed by atoms with Crippen LogP contribution in [-0.2, 0) is 19.1 Å². The van der Waals surface area contributed by atoms with Crippen molar-refractivity contribution in [2.24, 2.45) is 0 Å². The Bertz CT molecular complexity index is 182. The molecule has 0 saturated carbocycles. The maximum Gasteiger partial charge on any atom is 0.302 e. The van der Waals surface area contributed by atoms with Crippen LogP contribution in [0, 0.1) is 0 Å². The zero-order valence-electron chi connectivity index (χ0n) is 8.12. The second-order valence-electron chi connectivity index (χ2n) is 3.04. The molecule has 0 N–H and O–H groups in total. The molecule has 0 aliphatic heterocycles. The minimum atomic E-state index is -0.590. The van der Waals surface area contributed by atoms with Crippen LogP contribution in [0.15, 0.2) is 0 Å². The maximum absolute atomic E-state index is 10.7. The van der Waals surface area contributed by atoms with E-state index < -0.39 is 12.1 Å². The van der Waals surface area contributed by atoms with Gasteiger partial charge in [-0.25, -0.2) is 0 Å². The third kappa shape index (κ3) is 7.18. The molecule has 0 fully saturated rings. The molecule has 0 aliphatic rings. The van der Waals surface area contributed by atoms with Gasteiger partial charge in [0, 0.05) is 19.8 Å². The molecule has 0 aliphatic carbocycles. The van der Waals surface area contributed by atoms with Crippen LogP contribution in [0.1, 0.15) is 33.6 Å². The largest absolute Gasteiger partial charge is 0.462 e. The standard InChI is InChI=1S/C9H14O4/c1-6(10)4-9(5-7(2)11)13-8(3)12/h9H,4-5H2,1-3H3.